The molecule has 3 saturated carbocycles. The Hall–Kier alpha value is -0.830. The zero-order valence-electron chi connectivity index (χ0n) is 22.8. The van der Waals surface area contributed by atoms with E-state index in [1.165, 1.54) is 0 Å². The summed E-state index contributed by atoms with van der Waals surface area (Å²) in [5, 5.41) is 66.3. The molecule has 7 nitrogen and oxygen atoms in total. The summed E-state index contributed by atoms with van der Waals surface area (Å²) in [6, 6.07) is 0. The standard InChI is InChI=1S/C29H48O7/c1-15(2)17(16(3)30)11-25(34)28(6,35)24-8-10-29(36)19-12-21(31)20-13-22(32)23(33)14-26(20,4)18(19)7-9-27(24,29)5/h12,15-18,20,22-25,30,32-36H,7-11,13-14H2,1-6H3/t16?,17?,18?,20-,22+,23-,24-,25?,26+,27+,28+,29?/m0/s1. The van der Waals surface area contributed by atoms with Gasteiger partial charge in [-0.05, 0) is 99.5 Å². The van der Waals surface area contributed by atoms with Crippen LogP contribution in [0.1, 0.15) is 86.5 Å². The van der Waals surface area contributed by atoms with Crippen LogP contribution >= 0.6 is 0 Å². The van der Waals surface area contributed by atoms with Crippen LogP contribution in [-0.2, 0) is 4.79 Å². The van der Waals surface area contributed by atoms with Crippen molar-refractivity contribution in [2.24, 2.45) is 40.4 Å². The second kappa shape index (κ2) is 9.13. The van der Waals surface area contributed by atoms with Crippen molar-refractivity contribution < 1.29 is 35.4 Å². The summed E-state index contributed by atoms with van der Waals surface area (Å²) in [6.45, 7) is 11.4. The van der Waals surface area contributed by atoms with E-state index in [1.54, 1.807) is 19.9 Å². The van der Waals surface area contributed by atoms with Crippen molar-refractivity contribution in [3.63, 3.8) is 0 Å². The number of hydrogen-bond donors (Lipinski definition) is 6. The summed E-state index contributed by atoms with van der Waals surface area (Å²) in [7, 11) is 0. The fraction of sp³-hybridized carbons (Fsp3) is 0.897. The van der Waals surface area contributed by atoms with Crippen LogP contribution in [-0.4, -0.2) is 72.0 Å². The molecule has 206 valence electrons. The van der Waals surface area contributed by atoms with E-state index in [0.29, 0.717) is 37.7 Å². The molecule has 7 heteroatoms. The molecule has 0 radical (unpaired) electrons. The summed E-state index contributed by atoms with van der Waals surface area (Å²) in [4.78, 5) is 13.3. The first-order valence-corrected chi connectivity index (χ1v) is 13.9. The lowest BCUT2D eigenvalue weighted by atomic mass is 9.45. The number of fused-ring (bicyclic) bond motifs is 5. The molecule has 0 saturated heterocycles. The SMILES string of the molecule is CC(C)C(CC(O)[C@](C)(O)[C@H]1CCC2(O)C3=CC(=O)[C@@H]4C[C@@H](O)[C@@H](O)C[C@]4(C)C3CC[C@]12C)C(C)O. The van der Waals surface area contributed by atoms with Crippen molar-refractivity contribution in [2.45, 2.75) is 122 Å². The third-order valence-corrected chi connectivity index (χ3v) is 11.5. The van der Waals surface area contributed by atoms with Crippen molar-refractivity contribution in [1.29, 1.82) is 0 Å². The van der Waals surface area contributed by atoms with Gasteiger partial charge in [0, 0.05) is 11.3 Å². The second-order valence-electron chi connectivity index (χ2n) is 13.7. The highest BCUT2D eigenvalue weighted by atomic mass is 16.3. The predicted octanol–water partition coefficient (Wildman–Crippen LogP) is 2.35. The molecule has 5 unspecified atom stereocenters. The van der Waals surface area contributed by atoms with E-state index in [4.69, 9.17) is 0 Å². The van der Waals surface area contributed by atoms with Gasteiger partial charge in [-0.3, -0.25) is 4.79 Å². The third kappa shape index (κ3) is 3.95. The molecule has 0 aromatic heterocycles. The summed E-state index contributed by atoms with van der Waals surface area (Å²) < 4.78 is 0. The average Bonchev–Trinajstić information content (AvgIpc) is 3.05. The summed E-state index contributed by atoms with van der Waals surface area (Å²) in [5.41, 5.74) is -3.35. The molecule has 3 fully saturated rings. The first-order chi connectivity index (χ1) is 16.5. The van der Waals surface area contributed by atoms with Gasteiger partial charge in [0.1, 0.15) is 0 Å². The Balaban J connectivity index is 1.66. The maximum atomic E-state index is 13.3. The van der Waals surface area contributed by atoms with E-state index in [0.717, 1.165) is 0 Å². The first kappa shape index (κ1) is 28.2. The highest BCUT2D eigenvalue weighted by Gasteiger charge is 2.69. The molecule has 0 spiro atoms. The number of carbonyl (C=O) groups is 1. The van der Waals surface area contributed by atoms with Gasteiger partial charge in [-0.25, -0.2) is 0 Å². The maximum absolute atomic E-state index is 13.3. The lowest BCUT2D eigenvalue weighted by Crippen LogP contribution is -2.63. The highest BCUT2D eigenvalue weighted by Crippen LogP contribution is 2.68. The Kier molecular flexibility index (Phi) is 7.15. The summed E-state index contributed by atoms with van der Waals surface area (Å²) >= 11 is 0. The second-order valence-corrected chi connectivity index (χ2v) is 13.7. The van der Waals surface area contributed by atoms with E-state index in [1.807, 2.05) is 27.7 Å². The topological polar surface area (TPSA) is 138 Å². The van der Waals surface area contributed by atoms with Gasteiger partial charge in [0.25, 0.3) is 0 Å². The van der Waals surface area contributed by atoms with Gasteiger partial charge < -0.3 is 30.6 Å². The minimum Gasteiger partial charge on any atom is -0.393 e. The number of aliphatic hydroxyl groups excluding tert-OH is 4. The van der Waals surface area contributed by atoms with Gasteiger partial charge >= 0.3 is 0 Å². The predicted molar refractivity (Wildman–Crippen MR) is 136 cm³/mol. The van der Waals surface area contributed by atoms with Crippen LogP contribution < -0.4 is 0 Å². The van der Waals surface area contributed by atoms with Crippen molar-refractivity contribution >= 4 is 5.78 Å². The number of rotatable bonds is 6. The van der Waals surface area contributed by atoms with Crippen LogP contribution in [0.4, 0.5) is 0 Å². The molecule has 0 bridgehead atoms. The van der Waals surface area contributed by atoms with E-state index in [9.17, 15) is 35.4 Å². The van der Waals surface area contributed by atoms with E-state index in [2.05, 4.69) is 0 Å². The third-order valence-electron chi connectivity index (χ3n) is 11.5. The van der Waals surface area contributed by atoms with Crippen molar-refractivity contribution in [1.82, 2.24) is 0 Å². The van der Waals surface area contributed by atoms with Gasteiger partial charge in [-0.1, -0.05) is 27.7 Å². The Morgan fingerprint density at radius 2 is 1.69 bits per heavy atom. The van der Waals surface area contributed by atoms with Gasteiger partial charge in [-0.15, -0.1) is 0 Å². The number of hydrogen-bond acceptors (Lipinski definition) is 7. The Morgan fingerprint density at radius 3 is 2.28 bits per heavy atom. The minimum absolute atomic E-state index is 0.0883. The van der Waals surface area contributed by atoms with E-state index in [-0.39, 0.29) is 42.3 Å². The lowest BCUT2D eigenvalue weighted by molar-refractivity contribution is -0.179. The van der Waals surface area contributed by atoms with Crippen LogP contribution in [0.2, 0.25) is 0 Å². The fourth-order valence-corrected chi connectivity index (χ4v) is 9.06. The molecule has 0 heterocycles. The molecule has 0 amide bonds. The van der Waals surface area contributed by atoms with Crippen LogP contribution in [0.5, 0.6) is 0 Å². The molecule has 0 aliphatic heterocycles. The zero-order valence-corrected chi connectivity index (χ0v) is 22.8. The highest BCUT2D eigenvalue weighted by molar-refractivity contribution is 5.95. The van der Waals surface area contributed by atoms with Gasteiger partial charge in [0.15, 0.2) is 5.78 Å². The number of allylic oxidation sites excluding steroid dienone is 1. The molecule has 0 aromatic carbocycles. The zero-order chi connectivity index (χ0) is 27.0. The largest absolute Gasteiger partial charge is 0.393 e. The van der Waals surface area contributed by atoms with Crippen LogP contribution in [0, 0.1) is 40.4 Å². The minimum atomic E-state index is -1.48. The van der Waals surface area contributed by atoms with Crippen molar-refractivity contribution in [3.05, 3.63) is 11.6 Å². The fourth-order valence-electron chi connectivity index (χ4n) is 9.06. The van der Waals surface area contributed by atoms with E-state index >= 15 is 0 Å². The van der Waals surface area contributed by atoms with Crippen molar-refractivity contribution in [2.75, 3.05) is 0 Å². The summed E-state index contributed by atoms with van der Waals surface area (Å²) in [5.74, 6) is -0.993. The van der Waals surface area contributed by atoms with Gasteiger partial charge in [-0.2, -0.15) is 0 Å². The smallest absolute Gasteiger partial charge is 0.159 e. The normalized spacial score (nSPS) is 46.8. The van der Waals surface area contributed by atoms with Crippen LogP contribution in [0.25, 0.3) is 0 Å². The molecule has 4 aliphatic carbocycles. The lowest BCUT2D eigenvalue weighted by Gasteiger charge is -2.60. The molecule has 4 rings (SSSR count). The van der Waals surface area contributed by atoms with Crippen LogP contribution in [0.15, 0.2) is 11.6 Å². The van der Waals surface area contributed by atoms with Gasteiger partial charge in [0.05, 0.1) is 35.6 Å². The van der Waals surface area contributed by atoms with Gasteiger partial charge in [0.2, 0.25) is 0 Å². The number of ketones is 1. The quantitative estimate of drug-likeness (QED) is 0.324. The number of aliphatic hydroxyl groups is 6. The number of carbonyl (C=O) groups excluding carboxylic acids is 1. The molecule has 6 N–H and O–H groups in total. The Morgan fingerprint density at radius 1 is 1.06 bits per heavy atom. The Bertz CT molecular complexity index is 888. The molecule has 4 aliphatic rings. The summed E-state index contributed by atoms with van der Waals surface area (Å²) in [6.07, 6.45) is 1.16. The first-order valence-electron chi connectivity index (χ1n) is 13.9. The van der Waals surface area contributed by atoms with Crippen LogP contribution in [0.3, 0.4) is 0 Å². The van der Waals surface area contributed by atoms with Crippen molar-refractivity contribution in [3.8, 4) is 0 Å². The molecular weight excluding hydrogens is 460 g/mol. The molecule has 36 heavy (non-hydrogen) atoms. The average molecular weight is 509 g/mol. The monoisotopic (exact) mass is 508 g/mol. The molecule has 0 aromatic rings. The molecular formula is C29H48O7. The van der Waals surface area contributed by atoms with E-state index < -0.39 is 52.4 Å². The molecule has 12 atom stereocenters. The Labute approximate surface area is 215 Å². The maximum Gasteiger partial charge on any atom is 0.159 e.